The minimum absolute atomic E-state index is 0.0229. The van der Waals surface area contributed by atoms with Gasteiger partial charge in [-0.25, -0.2) is 0 Å². The van der Waals surface area contributed by atoms with E-state index in [1.165, 1.54) is 5.56 Å². The second kappa shape index (κ2) is 7.66. The zero-order valence-electron chi connectivity index (χ0n) is 18.7. The van der Waals surface area contributed by atoms with Crippen LogP contribution in [-0.2, 0) is 17.8 Å². The summed E-state index contributed by atoms with van der Waals surface area (Å²) in [4.78, 5) is 30.6. The fourth-order valence-electron chi connectivity index (χ4n) is 5.37. The number of anilines is 2. The number of phenols is 1. The maximum absolute atomic E-state index is 13.4. The van der Waals surface area contributed by atoms with Gasteiger partial charge in [-0.05, 0) is 54.4 Å². The predicted octanol–water partition coefficient (Wildman–Crippen LogP) is 4.13. The number of benzene rings is 3. The van der Waals surface area contributed by atoms with Crippen LogP contribution in [0.25, 0.3) is 10.9 Å². The SMILES string of the molecule is CN1c2ccccc2C(=O)N2CCc3c(n(CC(=O)Nc4ccc(O)cc4)c4ccccc34)C21. The molecule has 0 aliphatic carbocycles. The van der Waals surface area contributed by atoms with E-state index >= 15 is 0 Å². The average Bonchev–Trinajstić information content (AvgIpc) is 3.17. The van der Waals surface area contributed by atoms with Crippen molar-refractivity contribution < 1.29 is 14.7 Å². The maximum Gasteiger partial charge on any atom is 0.257 e. The van der Waals surface area contributed by atoms with Crippen molar-refractivity contribution in [1.82, 2.24) is 9.47 Å². The number of hydrogen-bond donors (Lipinski definition) is 2. The molecule has 2 N–H and O–H groups in total. The summed E-state index contributed by atoms with van der Waals surface area (Å²) in [5.74, 6) is 0.0000964. The van der Waals surface area contributed by atoms with Gasteiger partial charge in [-0.3, -0.25) is 9.59 Å². The molecule has 0 radical (unpaired) electrons. The highest BCUT2D eigenvalue weighted by Gasteiger charge is 2.42. The van der Waals surface area contributed by atoms with E-state index < -0.39 is 0 Å². The van der Waals surface area contributed by atoms with Gasteiger partial charge in [0, 0.05) is 30.2 Å². The van der Waals surface area contributed by atoms with Gasteiger partial charge in [0.2, 0.25) is 5.91 Å². The van der Waals surface area contributed by atoms with Crippen molar-refractivity contribution in [3.8, 4) is 5.75 Å². The molecule has 1 aromatic heterocycles. The molecule has 7 heteroatoms. The molecule has 3 heterocycles. The molecule has 2 aliphatic heterocycles. The number of nitrogens with one attached hydrogen (secondary N) is 1. The first kappa shape index (κ1) is 20.4. The quantitative estimate of drug-likeness (QED) is 0.458. The Morgan fingerprint density at radius 1 is 1.03 bits per heavy atom. The number of aromatic hydroxyl groups is 1. The third kappa shape index (κ3) is 3.04. The second-order valence-electron chi connectivity index (χ2n) is 8.81. The molecule has 2 amide bonds. The van der Waals surface area contributed by atoms with E-state index in [2.05, 4.69) is 20.9 Å². The fourth-order valence-corrected chi connectivity index (χ4v) is 5.37. The van der Waals surface area contributed by atoms with Crippen molar-refractivity contribution in [2.45, 2.75) is 19.1 Å². The lowest BCUT2D eigenvalue weighted by Crippen LogP contribution is -2.51. The number of fused-ring (bicyclic) bond motifs is 6. The van der Waals surface area contributed by atoms with Crippen LogP contribution < -0.4 is 10.2 Å². The Kier molecular flexibility index (Phi) is 4.58. The van der Waals surface area contributed by atoms with Crippen LogP contribution in [0.2, 0.25) is 0 Å². The van der Waals surface area contributed by atoms with Crippen LogP contribution in [0, 0.1) is 0 Å². The Labute approximate surface area is 196 Å². The van der Waals surface area contributed by atoms with Gasteiger partial charge in [0.25, 0.3) is 5.91 Å². The zero-order valence-corrected chi connectivity index (χ0v) is 18.7. The molecule has 0 spiro atoms. The smallest absolute Gasteiger partial charge is 0.257 e. The lowest BCUT2D eigenvalue weighted by atomic mass is 9.96. The highest BCUT2D eigenvalue weighted by atomic mass is 16.3. The highest BCUT2D eigenvalue weighted by Crippen LogP contribution is 2.44. The first-order valence-corrected chi connectivity index (χ1v) is 11.3. The molecule has 1 atom stereocenters. The monoisotopic (exact) mass is 452 g/mol. The molecule has 1 unspecified atom stereocenters. The number of carbonyl (C=O) groups is 2. The van der Waals surface area contributed by atoms with Crippen LogP contribution in [0.4, 0.5) is 11.4 Å². The van der Waals surface area contributed by atoms with Crippen LogP contribution in [0.5, 0.6) is 5.75 Å². The van der Waals surface area contributed by atoms with Crippen LogP contribution >= 0.6 is 0 Å². The number of phenolic OH excluding ortho intramolecular Hbond substituents is 1. The van der Waals surface area contributed by atoms with Crippen molar-refractivity contribution in [2.24, 2.45) is 0 Å². The molecule has 2 aliphatic rings. The fraction of sp³-hybridized carbons (Fsp3) is 0.185. The molecule has 6 rings (SSSR count). The molecule has 0 saturated heterocycles. The number of para-hydroxylation sites is 2. The van der Waals surface area contributed by atoms with Gasteiger partial charge < -0.3 is 24.8 Å². The second-order valence-corrected chi connectivity index (χ2v) is 8.81. The van der Waals surface area contributed by atoms with Gasteiger partial charge >= 0.3 is 0 Å². The Bertz CT molecular complexity index is 1440. The summed E-state index contributed by atoms with van der Waals surface area (Å²) in [6.45, 7) is 0.744. The highest BCUT2D eigenvalue weighted by molar-refractivity contribution is 6.03. The first-order chi connectivity index (χ1) is 16.5. The topological polar surface area (TPSA) is 77.8 Å². The summed E-state index contributed by atoms with van der Waals surface area (Å²) in [5.41, 5.74) is 5.37. The summed E-state index contributed by atoms with van der Waals surface area (Å²) >= 11 is 0. The Morgan fingerprint density at radius 3 is 2.59 bits per heavy atom. The van der Waals surface area contributed by atoms with Crippen molar-refractivity contribution in [2.75, 3.05) is 23.8 Å². The molecular formula is C27H24N4O3. The number of amides is 2. The van der Waals surface area contributed by atoms with Gasteiger partial charge in [0.15, 0.2) is 0 Å². The summed E-state index contributed by atoms with van der Waals surface area (Å²) in [7, 11) is 2.01. The van der Waals surface area contributed by atoms with E-state index in [0.717, 1.165) is 28.7 Å². The number of rotatable bonds is 3. The molecule has 0 fully saturated rings. The number of nitrogens with zero attached hydrogens (tertiary/aromatic N) is 3. The molecule has 0 saturated carbocycles. The van der Waals surface area contributed by atoms with Crippen molar-refractivity contribution in [3.05, 3.63) is 89.6 Å². The van der Waals surface area contributed by atoms with Crippen LogP contribution in [0.15, 0.2) is 72.8 Å². The Morgan fingerprint density at radius 2 is 1.76 bits per heavy atom. The van der Waals surface area contributed by atoms with Gasteiger partial charge in [-0.15, -0.1) is 0 Å². The minimum Gasteiger partial charge on any atom is -0.508 e. The van der Waals surface area contributed by atoms with E-state index in [-0.39, 0.29) is 30.3 Å². The van der Waals surface area contributed by atoms with Crippen LogP contribution in [-0.4, -0.2) is 40.0 Å². The van der Waals surface area contributed by atoms with E-state index in [9.17, 15) is 14.7 Å². The number of hydrogen-bond acceptors (Lipinski definition) is 4. The molecule has 0 bridgehead atoms. The summed E-state index contributed by atoms with van der Waals surface area (Å²) in [6, 6.07) is 22.2. The third-order valence-corrected chi connectivity index (χ3v) is 6.86. The van der Waals surface area contributed by atoms with E-state index in [4.69, 9.17) is 0 Å². The van der Waals surface area contributed by atoms with Crippen molar-refractivity contribution >= 4 is 34.1 Å². The van der Waals surface area contributed by atoms with Gasteiger partial charge in [-0.2, -0.15) is 0 Å². The minimum atomic E-state index is -0.292. The van der Waals surface area contributed by atoms with Crippen molar-refractivity contribution in [1.29, 1.82) is 0 Å². The predicted molar refractivity (Wildman–Crippen MR) is 131 cm³/mol. The molecule has 3 aromatic carbocycles. The summed E-state index contributed by atoms with van der Waals surface area (Å²) in [6.07, 6.45) is 0.445. The normalized spacial score (nSPS) is 16.7. The standard InChI is InChI=1S/C27H24N4O3/c1-29-22-8-4-3-7-21(22)27(34)30-15-14-20-19-6-2-5-9-23(19)31(25(20)26(29)30)16-24(33)28-17-10-12-18(32)13-11-17/h2-13,26,32H,14-16H2,1H3,(H,28,33). The lowest BCUT2D eigenvalue weighted by Gasteiger charge is -2.46. The maximum atomic E-state index is 13.4. The van der Waals surface area contributed by atoms with E-state index in [0.29, 0.717) is 17.8 Å². The lowest BCUT2D eigenvalue weighted by molar-refractivity contribution is -0.116. The average molecular weight is 453 g/mol. The van der Waals surface area contributed by atoms with Crippen LogP contribution in [0.3, 0.4) is 0 Å². The van der Waals surface area contributed by atoms with E-state index in [1.807, 2.05) is 54.4 Å². The molecule has 7 nitrogen and oxygen atoms in total. The largest absolute Gasteiger partial charge is 0.508 e. The Hall–Kier alpha value is -4.26. The molecular weight excluding hydrogens is 428 g/mol. The summed E-state index contributed by atoms with van der Waals surface area (Å²) in [5, 5.41) is 13.6. The van der Waals surface area contributed by atoms with Gasteiger partial charge in [0.1, 0.15) is 18.5 Å². The first-order valence-electron chi connectivity index (χ1n) is 11.3. The van der Waals surface area contributed by atoms with Crippen molar-refractivity contribution in [3.63, 3.8) is 0 Å². The summed E-state index contributed by atoms with van der Waals surface area (Å²) < 4.78 is 2.05. The van der Waals surface area contributed by atoms with Crippen LogP contribution in [0.1, 0.15) is 27.8 Å². The third-order valence-electron chi connectivity index (χ3n) is 6.86. The van der Waals surface area contributed by atoms with E-state index in [1.54, 1.807) is 24.3 Å². The Balaban J connectivity index is 1.45. The number of carbonyl (C=O) groups excluding carboxylic acids is 2. The molecule has 4 aromatic rings. The zero-order chi connectivity index (χ0) is 23.4. The van der Waals surface area contributed by atoms with Gasteiger partial charge in [0.05, 0.1) is 16.9 Å². The number of aromatic nitrogens is 1. The van der Waals surface area contributed by atoms with Gasteiger partial charge in [-0.1, -0.05) is 30.3 Å². The molecule has 34 heavy (non-hydrogen) atoms. The molecule has 170 valence electrons.